The maximum absolute atomic E-state index is 14.6. The van der Waals surface area contributed by atoms with Crippen molar-refractivity contribution in [3.05, 3.63) is 130 Å². The van der Waals surface area contributed by atoms with Gasteiger partial charge >= 0.3 is 0 Å². The van der Waals surface area contributed by atoms with Crippen LogP contribution in [0.3, 0.4) is 0 Å². The van der Waals surface area contributed by atoms with Gasteiger partial charge in [0.05, 0.1) is 10.6 Å². The minimum Gasteiger partial charge on any atom is -0.352 e. The van der Waals surface area contributed by atoms with Gasteiger partial charge in [-0.15, -0.1) is 0 Å². The van der Waals surface area contributed by atoms with E-state index < -0.39 is 28.5 Å². The summed E-state index contributed by atoms with van der Waals surface area (Å²) < 4.78 is 29.3. The molecule has 0 bridgehead atoms. The second-order valence-electron chi connectivity index (χ2n) is 11.2. The van der Waals surface area contributed by atoms with Crippen LogP contribution in [-0.4, -0.2) is 43.8 Å². The number of hydrogen-bond acceptors (Lipinski definition) is 4. The van der Waals surface area contributed by atoms with E-state index in [1.807, 2.05) is 82.3 Å². The highest BCUT2D eigenvalue weighted by Crippen LogP contribution is 2.29. The van der Waals surface area contributed by atoms with Gasteiger partial charge in [0, 0.05) is 24.0 Å². The third-order valence-corrected chi connectivity index (χ3v) is 10.1. The smallest absolute Gasteiger partial charge is 0.264 e. The summed E-state index contributed by atoms with van der Waals surface area (Å²) >= 11 is 6.45. The van der Waals surface area contributed by atoms with Crippen molar-refractivity contribution in [1.82, 2.24) is 10.2 Å². The molecule has 4 aromatic carbocycles. The predicted octanol–water partition coefficient (Wildman–Crippen LogP) is 6.71. The van der Waals surface area contributed by atoms with E-state index in [1.54, 1.807) is 36.4 Å². The highest BCUT2D eigenvalue weighted by atomic mass is 35.5. The Bertz CT molecular complexity index is 1720. The van der Waals surface area contributed by atoms with E-state index in [1.165, 1.54) is 17.0 Å². The molecule has 0 spiro atoms. The Morgan fingerprint density at radius 2 is 1.47 bits per heavy atom. The van der Waals surface area contributed by atoms with Gasteiger partial charge in [-0.2, -0.15) is 0 Å². The van der Waals surface area contributed by atoms with Crippen molar-refractivity contribution < 1.29 is 18.0 Å². The number of sulfonamides is 1. The van der Waals surface area contributed by atoms with Crippen molar-refractivity contribution in [2.45, 2.75) is 64.1 Å². The molecule has 0 aliphatic rings. The molecule has 0 aliphatic heterocycles. The Labute approximate surface area is 271 Å². The number of hydrogen-bond donors (Lipinski definition) is 1. The highest BCUT2D eigenvalue weighted by molar-refractivity contribution is 7.92. The SMILES string of the molecule is CC[C@H](C)NC(=O)[C@@H](Cc1ccccc1)N(Cc1ccccc1C)C(=O)CN(c1ccc(C)c(Cl)c1)S(=O)(=O)c1ccccc1. The van der Waals surface area contributed by atoms with Gasteiger partial charge in [0.1, 0.15) is 12.6 Å². The fraction of sp³-hybridized carbons (Fsp3) is 0.278. The van der Waals surface area contributed by atoms with E-state index >= 15 is 0 Å². The van der Waals surface area contributed by atoms with Crippen LogP contribution < -0.4 is 9.62 Å². The number of halogens is 1. The summed E-state index contributed by atoms with van der Waals surface area (Å²) in [5, 5.41) is 3.43. The molecule has 0 aromatic heterocycles. The summed E-state index contributed by atoms with van der Waals surface area (Å²) in [5.41, 5.74) is 3.71. The first kappa shape index (κ1) is 33.7. The van der Waals surface area contributed by atoms with Gasteiger partial charge in [-0.25, -0.2) is 8.42 Å². The van der Waals surface area contributed by atoms with Crippen molar-refractivity contribution in [1.29, 1.82) is 0 Å². The molecule has 45 heavy (non-hydrogen) atoms. The minimum atomic E-state index is -4.19. The summed E-state index contributed by atoms with van der Waals surface area (Å²) in [6.07, 6.45) is 0.968. The number of benzene rings is 4. The Hall–Kier alpha value is -4.14. The third kappa shape index (κ3) is 8.53. The average molecular weight is 646 g/mol. The molecular weight excluding hydrogens is 606 g/mol. The van der Waals surface area contributed by atoms with Crippen LogP contribution in [0.25, 0.3) is 0 Å². The van der Waals surface area contributed by atoms with E-state index in [2.05, 4.69) is 5.32 Å². The van der Waals surface area contributed by atoms with Gasteiger partial charge in [-0.05, 0) is 73.7 Å². The fourth-order valence-electron chi connectivity index (χ4n) is 4.95. The molecule has 1 N–H and O–H groups in total. The van der Waals surface area contributed by atoms with Crippen LogP contribution in [0.5, 0.6) is 0 Å². The van der Waals surface area contributed by atoms with Crippen molar-refractivity contribution in [3.63, 3.8) is 0 Å². The number of nitrogens with zero attached hydrogens (tertiary/aromatic N) is 2. The topological polar surface area (TPSA) is 86.8 Å². The first-order valence-electron chi connectivity index (χ1n) is 15.0. The van der Waals surface area contributed by atoms with Gasteiger partial charge in [0.25, 0.3) is 10.0 Å². The normalized spacial score (nSPS) is 12.6. The van der Waals surface area contributed by atoms with Crippen molar-refractivity contribution in [3.8, 4) is 0 Å². The third-order valence-electron chi connectivity index (χ3n) is 7.93. The Kier molecular flexibility index (Phi) is 11.4. The molecule has 0 saturated carbocycles. The summed E-state index contributed by atoms with van der Waals surface area (Å²) in [6.45, 7) is 7.24. The Morgan fingerprint density at radius 3 is 2.09 bits per heavy atom. The van der Waals surface area contributed by atoms with Crippen LogP contribution in [0.15, 0.2) is 108 Å². The number of amides is 2. The number of rotatable bonds is 13. The maximum Gasteiger partial charge on any atom is 0.264 e. The summed E-state index contributed by atoms with van der Waals surface area (Å²) in [5.74, 6) is -0.819. The van der Waals surface area contributed by atoms with Crippen LogP contribution in [-0.2, 0) is 32.6 Å². The molecule has 0 aliphatic carbocycles. The lowest BCUT2D eigenvalue weighted by molar-refractivity contribution is -0.140. The predicted molar refractivity (Wildman–Crippen MR) is 181 cm³/mol. The van der Waals surface area contributed by atoms with Crippen molar-refractivity contribution in [2.24, 2.45) is 0 Å². The molecular formula is C36H40ClN3O4S. The standard InChI is InChI=1S/C36H40ClN3O4S/c1-5-28(4)38-36(42)34(22-29-15-8-6-9-16-29)39(24-30-17-13-12-14-26(30)2)35(41)25-40(31-21-20-27(3)33(37)23-31)45(43,44)32-18-10-7-11-19-32/h6-21,23,28,34H,5,22,24-25H2,1-4H3,(H,38,42)/t28-,34+/m0/s1. The van der Waals surface area contributed by atoms with Crippen molar-refractivity contribution >= 4 is 39.1 Å². The Balaban J connectivity index is 1.83. The van der Waals surface area contributed by atoms with Gasteiger partial charge < -0.3 is 10.2 Å². The van der Waals surface area contributed by atoms with Gasteiger partial charge in [-0.1, -0.05) is 97.4 Å². The molecule has 2 atom stereocenters. The van der Waals surface area contributed by atoms with Crippen LogP contribution in [0, 0.1) is 13.8 Å². The minimum absolute atomic E-state index is 0.0373. The second-order valence-corrected chi connectivity index (χ2v) is 13.5. The molecule has 0 heterocycles. The summed E-state index contributed by atoms with van der Waals surface area (Å²) in [7, 11) is -4.19. The fourth-order valence-corrected chi connectivity index (χ4v) is 6.55. The van der Waals surface area contributed by atoms with E-state index in [0.717, 1.165) is 26.6 Å². The largest absolute Gasteiger partial charge is 0.352 e. The molecule has 4 aromatic rings. The maximum atomic E-state index is 14.6. The quantitative estimate of drug-likeness (QED) is 0.175. The van der Waals surface area contributed by atoms with Crippen LogP contribution >= 0.6 is 11.6 Å². The number of carbonyl (C=O) groups excluding carboxylic acids is 2. The number of carbonyl (C=O) groups is 2. The van der Waals surface area contributed by atoms with E-state index in [4.69, 9.17) is 11.6 Å². The molecule has 0 saturated heterocycles. The van der Waals surface area contributed by atoms with Crippen LogP contribution in [0.1, 0.15) is 42.5 Å². The molecule has 0 radical (unpaired) electrons. The lowest BCUT2D eigenvalue weighted by Crippen LogP contribution is -2.54. The van der Waals surface area contributed by atoms with E-state index in [0.29, 0.717) is 11.4 Å². The Morgan fingerprint density at radius 1 is 0.844 bits per heavy atom. The lowest BCUT2D eigenvalue weighted by Gasteiger charge is -2.34. The van der Waals surface area contributed by atoms with E-state index in [9.17, 15) is 18.0 Å². The van der Waals surface area contributed by atoms with Crippen molar-refractivity contribution in [2.75, 3.05) is 10.8 Å². The number of aryl methyl sites for hydroxylation is 2. The zero-order valence-electron chi connectivity index (χ0n) is 26.1. The summed E-state index contributed by atoms with van der Waals surface area (Å²) in [6, 6.07) is 29.0. The summed E-state index contributed by atoms with van der Waals surface area (Å²) in [4.78, 5) is 30.1. The monoisotopic (exact) mass is 645 g/mol. The highest BCUT2D eigenvalue weighted by Gasteiger charge is 2.35. The zero-order chi connectivity index (χ0) is 32.6. The average Bonchev–Trinajstić information content (AvgIpc) is 3.04. The molecule has 4 rings (SSSR count). The molecule has 2 amide bonds. The molecule has 236 valence electrons. The molecule has 7 nitrogen and oxygen atoms in total. The van der Waals surface area contributed by atoms with E-state index in [-0.39, 0.29) is 35.5 Å². The zero-order valence-corrected chi connectivity index (χ0v) is 27.7. The molecule has 0 fully saturated rings. The van der Waals surface area contributed by atoms with Gasteiger partial charge in [0.2, 0.25) is 11.8 Å². The van der Waals surface area contributed by atoms with Crippen LogP contribution in [0.2, 0.25) is 5.02 Å². The second kappa shape index (κ2) is 15.2. The molecule has 0 unspecified atom stereocenters. The van der Waals surface area contributed by atoms with Gasteiger partial charge in [-0.3, -0.25) is 13.9 Å². The van der Waals surface area contributed by atoms with Gasteiger partial charge in [0.15, 0.2) is 0 Å². The molecule has 9 heteroatoms. The lowest BCUT2D eigenvalue weighted by atomic mass is 10.0. The first-order valence-corrected chi connectivity index (χ1v) is 16.8. The number of nitrogens with one attached hydrogen (secondary N) is 1. The first-order chi connectivity index (χ1) is 21.5. The number of anilines is 1. The van der Waals surface area contributed by atoms with Crippen LogP contribution in [0.4, 0.5) is 5.69 Å².